The molecule has 0 bridgehead atoms. The molecule has 0 aromatic heterocycles. The minimum atomic E-state index is -0.483. The Morgan fingerprint density at radius 2 is 0.968 bits per heavy atom. The van der Waals surface area contributed by atoms with Gasteiger partial charge in [0.25, 0.3) is 6.71 Å². The highest BCUT2D eigenvalue weighted by atomic mass is 32.2. The highest BCUT2D eigenvalue weighted by Gasteiger charge is 2.52. The van der Waals surface area contributed by atoms with Gasteiger partial charge in [0, 0.05) is 38.4 Å². The number of nitrogens with zero attached hydrogens (tertiary/aromatic N) is 1. The van der Waals surface area contributed by atoms with Crippen molar-refractivity contribution >= 4 is 51.9 Å². The fourth-order valence-electron chi connectivity index (χ4n) is 10.8. The summed E-state index contributed by atoms with van der Waals surface area (Å²) in [5.41, 5.74) is 17.7. The van der Waals surface area contributed by atoms with Crippen molar-refractivity contribution in [3.05, 3.63) is 203 Å². The molecular formula is C58H48BNO2S. The molecule has 3 nitrogen and oxygen atoms in total. The molecule has 0 saturated carbocycles. The lowest BCUT2D eigenvalue weighted by molar-refractivity contribution is 0.463. The number of fused-ring (bicyclic) bond motifs is 13. The second kappa shape index (κ2) is 13.5. The molecule has 0 amide bonds. The van der Waals surface area contributed by atoms with Gasteiger partial charge in [0.1, 0.15) is 23.0 Å². The van der Waals surface area contributed by atoms with Crippen molar-refractivity contribution in [1.29, 1.82) is 0 Å². The van der Waals surface area contributed by atoms with Crippen LogP contribution in [0.15, 0.2) is 174 Å². The molecule has 1 spiro atoms. The second-order valence-electron chi connectivity index (χ2n) is 19.8. The summed E-state index contributed by atoms with van der Waals surface area (Å²) < 4.78 is 14.1. The first kappa shape index (κ1) is 38.3. The van der Waals surface area contributed by atoms with Gasteiger partial charge in [-0.1, -0.05) is 150 Å². The molecule has 0 N–H and O–H groups in total. The Morgan fingerprint density at radius 1 is 0.460 bits per heavy atom. The minimum Gasteiger partial charge on any atom is -0.458 e. The van der Waals surface area contributed by atoms with Crippen molar-refractivity contribution in [2.24, 2.45) is 0 Å². The van der Waals surface area contributed by atoms with E-state index in [4.69, 9.17) is 9.47 Å². The van der Waals surface area contributed by atoms with Crippen molar-refractivity contribution in [2.45, 2.75) is 74.5 Å². The molecule has 0 atom stereocenters. The zero-order valence-electron chi connectivity index (χ0n) is 36.8. The van der Waals surface area contributed by atoms with Crippen LogP contribution in [-0.4, -0.2) is 6.71 Å². The molecule has 0 fully saturated rings. The number of ether oxygens (including phenoxy) is 2. The molecule has 63 heavy (non-hydrogen) atoms. The zero-order valence-corrected chi connectivity index (χ0v) is 37.7. The van der Waals surface area contributed by atoms with Gasteiger partial charge in [-0.25, -0.2) is 0 Å². The normalized spacial score (nSPS) is 14.6. The molecule has 8 aromatic carbocycles. The average molecular weight is 834 g/mol. The first-order valence-electron chi connectivity index (χ1n) is 22.2. The van der Waals surface area contributed by atoms with Crippen LogP contribution in [0.4, 0.5) is 17.1 Å². The van der Waals surface area contributed by atoms with Gasteiger partial charge in [0.05, 0.1) is 5.41 Å². The molecule has 306 valence electrons. The summed E-state index contributed by atoms with van der Waals surface area (Å²) in [6.07, 6.45) is 0. The van der Waals surface area contributed by atoms with E-state index in [2.05, 4.69) is 217 Å². The summed E-state index contributed by atoms with van der Waals surface area (Å²) in [5, 5.41) is 0. The van der Waals surface area contributed by atoms with Gasteiger partial charge in [-0.05, 0) is 139 Å². The van der Waals surface area contributed by atoms with E-state index in [0.717, 1.165) is 62.0 Å². The fourth-order valence-corrected chi connectivity index (χ4v) is 12.0. The summed E-state index contributed by atoms with van der Waals surface area (Å²) in [4.78, 5) is 4.95. The quantitative estimate of drug-likeness (QED) is 0.165. The third-order valence-electron chi connectivity index (χ3n) is 13.8. The van der Waals surface area contributed by atoms with E-state index in [1.807, 2.05) is 11.8 Å². The summed E-state index contributed by atoms with van der Waals surface area (Å²) in [6, 6.07) is 61.1. The van der Waals surface area contributed by atoms with Crippen LogP contribution in [0.25, 0.3) is 11.1 Å². The van der Waals surface area contributed by atoms with Gasteiger partial charge < -0.3 is 14.4 Å². The lowest BCUT2D eigenvalue weighted by atomic mass is 9.34. The number of aryl methyl sites for hydroxylation is 1. The molecule has 0 radical (unpaired) electrons. The van der Waals surface area contributed by atoms with Gasteiger partial charge in [-0.15, -0.1) is 0 Å². The average Bonchev–Trinajstić information content (AvgIpc) is 3.54. The highest BCUT2D eigenvalue weighted by Crippen LogP contribution is 2.62. The number of benzene rings is 8. The van der Waals surface area contributed by atoms with Gasteiger partial charge >= 0.3 is 0 Å². The lowest BCUT2D eigenvalue weighted by Crippen LogP contribution is -2.57. The number of hydrogen-bond acceptors (Lipinski definition) is 4. The molecule has 4 aliphatic rings. The Bertz CT molecular complexity index is 3090. The van der Waals surface area contributed by atoms with Crippen molar-refractivity contribution in [3.8, 4) is 34.1 Å². The van der Waals surface area contributed by atoms with Crippen LogP contribution in [-0.2, 0) is 16.2 Å². The number of hydrogen-bond donors (Lipinski definition) is 0. The molecule has 3 heterocycles. The van der Waals surface area contributed by atoms with Crippen LogP contribution in [0.1, 0.15) is 80.5 Å². The summed E-state index contributed by atoms with van der Waals surface area (Å²) in [7, 11) is 0. The van der Waals surface area contributed by atoms with Crippen LogP contribution in [0.2, 0.25) is 0 Å². The van der Waals surface area contributed by atoms with E-state index in [1.54, 1.807) is 0 Å². The topological polar surface area (TPSA) is 21.7 Å². The minimum absolute atomic E-state index is 0.0506. The molecule has 3 aliphatic heterocycles. The second-order valence-corrected chi connectivity index (χ2v) is 20.9. The van der Waals surface area contributed by atoms with Crippen molar-refractivity contribution < 1.29 is 9.47 Å². The van der Waals surface area contributed by atoms with Gasteiger partial charge in [-0.3, -0.25) is 0 Å². The summed E-state index contributed by atoms with van der Waals surface area (Å²) >= 11 is 1.87. The monoisotopic (exact) mass is 833 g/mol. The van der Waals surface area contributed by atoms with E-state index in [-0.39, 0.29) is 17.5 Å². The first-order chi connectivity index (χ1) is 30.4. The van der Waals surface area contributed by atoms with Gasteiger partial charge in [0.15, 0.2) is 0 Å². The number of rotatable bonds is 3. The maximum absolute atomic E-state index is 7.11. The fraction of sp³-hybridized carbons (Fsp3) is 0.172. The molecule has 0 saturated heterocycles. The maximum Gasteiger partial charge on any atom is 0.260 e. The summed E-state index contributed by atoms with van der Waals surface area (Å²) in [5.74, 6) is 3.48. The van der Waals surface area contributed by atoms with Crippen LogP contribution >= 0.6 is 11.8 Å². The number of anilines is 3. The molecular weight excluding hydrogens is 786 g/mol. The Morgan fingerprint density at radius 3 is 1.54 bits per heavy atom. The SMILES string of the molecule is Cc1cc2c3c(c1)Oc1cc4c(cc1B3c1ccc(N(c3ccc(C(C)(C)C)cc3)c3ccc(C(C)(C)C)cc3)cc1O2)-c1ccccc1C41c2ccccc2Sc2ccccc21. The predicted octanol–water partition coefficient (Wildman–Crippen LogP) is 13.6. The molecule has 1 aliphatic carbocycles. The standard InChI is InChI=1S/C58H48BNO2S/c1-35-30-51-55-52(31-35)62-50-34-46-42(41-14-8-9-15-43(41)58(46)44-16-10-12-18-53(44)63-54-19-13-11-17-45(54)58)33-48(50)59(55)47-29-28-40(32-49(47)61-51)60(38-24-20-36(21-25-38)56(2,3)4)39-26-22-37(23-27-39)57(5,6)7/h8-34H,1-7H3. The Balaban J connectivity index is 1.05. The van der Waals surface area contributed by atoms with Crippen molar-refractivity contribution in [3.63, 3.8) is 0 Å². The molecule has 8 aromatic rings. The van der Waals surface area contributed by atoms with Crippen molar-refractivity contribution in [2.75, 3.05) is 4.90 Å². The Kier molecular flexibility index (Phi) is 8.22. The Hall–Kier alpha value is -6.43. The van der Waals surface area contributed by atoms with Crippen LogP contribution in [0.5, 0.6) is 23.0 Å². The van der Waals surface area contributed by atoms with Crippen LogP contribution in [0, 0.1) is 6.92 Å². The summed E-state index contributed by atoms with van der Waals surface area (Å²) in [6.45, 7) is 15.7. The van der Waals surface area contributed by atoms with E-state index >= 15 is 0 Å². The van der Waals surface area contributed by atoms with E-state index in [1.165, 1.54) is 54.3 Å². The third-order valence-corrected chi connectivity index (χ3v) is 15.0. The van der Waals surface area contributed by atoms with E-state index in [0.29, 0.717) is 0 Å². The Labute approximate surface area is 375 Å². The van der Waals surface area contributed by atoms with E-state index in [9.17, 15) is 0 Å². The zero-order chi connectivity index (χ0) is 43.0. The molecule has 0 unspecified atom stereocenters. The van der Waals surface area contributed by atoms with Crippen LogP contribution in [0.3, 0.4) is 0 Å². The third kappa shape index (κ3) is 5.68. The van der Waals surface area contributed by atoms with Gasteiger partial charge in [0.2, 0.25) is 0 Å². The van der Waals surface area contributed by atoms with E-state index < -0.39 is 5.41 Å². The largest absolute Gasteiger partial charge is 0.458 e. The maximum atomic E-state index is 7.11. The highest BCUT2D eigenvalue weighted by molar-refractivity contribution is 7.99. The van der Waals surface area contributed by atoms with Crippen molar-refractivity contribution in [1.82, 2.24) is 0 Å². The molecule has 5 heteroatoms. The predicted molar refractivity (Wildman–Crippen MR) is 262 cm³/mol. The smallest absolute Gasteiger partial charge is 0.260 e. The molecule has 12 rings (SSSR count). The first-order valence-corrected chi connectivity index (χ1v) is 23.0. The lowest BCUT2D eigenvalue weighted by Gasteiger charge is -2.40. The van der Waals surface area contributed by atoms with Crippen LogP contribution < -0.4 is 30.8 Å². The van der Waals surface area contributed by atoms with Gasteiger partial charge in [-0.2, -0.15) is 0 Å².